The summed E-state index contributed by atoms with van der Waals surface area (Å²) in [7, 11) is -3.04. The van der Waals surface area contributed by atoms with E-state index in [-0.39, 0.29) is 29.8 Å². The van der Waals surface area contributed by atoms with Gasteiger partial charge in [-0.15, -0.1) is 0 Å². The summed E-state index contributed by atoms with van der Waals surface area (Å²) >= 11 is 0. The van der Waals surface area contributed by atoms with Gasteiger partial charge in [0.1, 0.15) is 17.0 Å². The Morgan fingerprint density at radius 1 is 1.29 bits per heavy atom. The summed E-state index contributed by atoms with van der Waals surface area (Å²) in [6.45, 7) is 4.40. The molecule has 1 atom stereocenters. The molecule has 0 radical (unpaired) electrons. The average molecular weight is 502 g/mol. The number of halogens is 1. The van der Waals surface area contributed by atoms with Gasteiger partial charge in [0.25, 0.3) is 0 Å². The molecule has 2 fully saturated rings. The fourth-order valence-electron chi connectivity index (χ4n) is 5.09. The molecule has 2 aliphatic rings. The van der Waals surface area contributed by atoms with Crippen molar-refractivity contribution < 1.29 is 27.1 Å². The molecule has 3 aromatic rings. The number of carbonyl (C=O) groups is 1. The number of nitrogens with zero attached hydrogens (tertiary/aromatic N) is 3. The summed E-state index contributed by atoms with van der Waals surface area (Å²) in [6.07, 6.45) is 1.81. The average Bonchev–Trinajstić information content (AvgIpc) is 3.17. The Balaban J connectivity index is 1.54. The van der Waals surface area contributed by atoms with Gasteiger partial charge in [-0.25, -0.2) is 12.8 Å². The van der Waals surface area contributed by atoms with E-state index in [1.807, 2.05) is 17.7 Å². The Labute approximate surface area is 203 Å². The number of fused-ring (bicyclic) bond motifs is 1. The van der Waals surface area contributed by atoms with Gasteiger partial charge in [0.2, 0.25) is 6.36 Å². The van der Waals surface area contributed by atoms with Crippen LogP contribution in [0.5, 0.6) is 5.75 Å². The number of hydrogen-bond donors (Lipinski definition) is 0. The predicted molar refractivity (Wildman–Crippen MR) is 129 cm³/mol. The molecule has 0 bridgehead atoms. The number of Topliss-reactive ketones (excluding diaryl/α,β-unsaturated/α-hetero) is 1. The van der Waals surface area contributed by atoms with Gasteiger partial charge < -0.3 is 9.47 Å². The van der Waals surface area contributed by atoms with Gasteiger partial charge in [-0.05, 0) is 31.0 Å². The standard InChI is InChI=1S/C25H28FN3O5S/c1-16(26)34-20-5-3-4-17(10-20)23-24-21(29(28-23)19-6-8-33-9-7-19)11-18(13-27-24)22(30)12-25(2)14-35(31,32)15-25/h3-5,10-11,13,16,19H,6-9,12,14-15H2,1-2H3. The Kier molecular flexibility index (Phi) is 6.13. The molecule has 0 spiro atoms. The van der Waals surface area contributed by atoms with Crippen LogP contribution in [0.2, 0.25) is 0 Å². The van der Waals surface area contributed by atoms with E-state index in [0.29, 0.717) is 35.7 Å². The molecule has 0 amide bonds. The van der Waals surface area contributed by atoms with E-state index in [9.17, 15) is 17.6 Å². The van der Waals surface area contributed by atoms with E-state index < -0.39 is 21.6 Å². The lowest BCUT2D eigenvalue weighted by atomic mass is 9.86. The molecule has 1 aromatic carbocycles. The van der Waals surface area contributed by atoms with Crippen molar-refractivity contribution in [3.8, 4) is 17.0 Å². The first-order valence-electron chi connectivity index (χ1n) is 11.7. The third-order valence-corrected chi connectivity index (χ3v) is 8.81. The zero-order valence-electron chi connectivity index (χ0n) is 19.7. The first kappa shape index (κ1) is 23.9. The van der Waals surface area contributed by atoms with Crippen LogP contribution in [0.4, 0.5) is 4.39 Å². The SMILES string of the molecule is CC(F)Oc1cccc(-c2nn(C3CCOCC3)c3cc(C(=O)CC4(C)CS(=O)(=O)C4)cnc23)c1. The molecule has 0 N–H and O–H groups in total. The minimum Gasteiger partial charge on any atom is -0.461 e. The van der Waals surface area contributed by atoms with Gasteiger partial charge in [0.05, 0.1) is 23.1 Å². The van der Waals surface area contributed by atoms with E-state index in [1.54, 1.807) is 24.3 Å². The van der Waals surface area contributed by atoms with Crippen LogP contribution in [0.25, 0.3) is 22.3 Å². The maximum absolute atomic E-state index is 13.4. The van der Waals surface area contributed by atoms with Crippen LogP contribution in [-0.4, -0.2) is 60.0 Å². The third kappa shape index (κ3) is 4.95. The van der Waals surface area contributed by atoms with Crippen molar-refractivity contribution in [2.75, 3.05) is 24.7 Å². The van der Waals surface area contributed by atoms with Gasteiger partial charge in [-0.1, -0.05) is 19.1 Å². The van der Waals surface area contributed by atoms with Gasteiger partial charge >= 0.3 is 0 Å². The number of pyridine rings is 1. The maximum atomic E-state index is 13.4. The number of carbonyl (C=O) groups excluding carboxylic acids is 1. The Hall–Kier alpha value is -2.85. The second-order valence-electron chi connectivity index (χ2n) is 9.86. The zero-order valence-corrected chi connectivity index (χ0v) is 20.6. The van der Waals surface area contributed by atoms with E-state index in [0.717, 1.165) is 23.9 Å². The minimum absolute atomic E-state index is 0.0292. The fourth-order valence-corrected chi connectivity index (χ4v) is 7.33. The van der Waals surface area contributed by atoms with E-state index in [4.69, 9.17) is 14.6 Å². The second-order valence-corrected chi connectivity index (χ2v) is 11.9. The number of aromatic nitrogens is 3. The number of alkyl halides is 1. The summed E-state index contributed by atoms with van der Waals surface area (Å²) in [6, 6.07) is 8.94. The summed E-state index contributed by atoms with van der Waals surface area (Å²) < 4.78 is 49.4. The van der Waals surface area contributed by atoms with E-state index in [1.165, 1.54) is 13.1 Å². The normalized spacial score (nSPS) is 20.3. The number of benzene rings is 1. The molecule has 1 unspecified atom stereocenters. The second kappa shape index (κ2) is 8.98. The molecule has 186 valence electrons. The number of ketones is 1. The van der Waals surface area contributed by atoms with Crippen LogP contribution in [0.3, 0.4) is 0 Å². The first-order valence-corrected chi connectivity index (χ1v) is 13.6. The Morgan fingerprint density at radius 3 is 2.71 bits per heavy atom. The lowest BCUT2D eigenvalue weighted by Gasteiger charge is -2.37. The molecule has 0 saturated carbocycles. The van der Waals surface area contributed by atoms with Crippen molar-refractivity contribution in [2.45, 2.75) is 45.5 Å². The maximum Gasteiger partial charge on any atom is 0.235 e. The largest absolute Gasteiger partial charge is 0.461 e. The number of hydrogen-bond acceptors (Lipinski definition) is 7. The highest BCUT2D eigenvalue weighted by Gasteiger charge is 2.45. The van der Waals surface area contributed by atoms with Crippen LogP contribution in [-0.2, 0) is 14.6 Å². The minimum atomic E-state index is -3.04. The van der Waals surface area contributed by atoms with Crippen molar-refractivity contribution in [1.82, 2.24) is 14.8 Å². The van der Waals surface area contributed by atoms with Gasteiger partial charge in [0, 0.05) is 49.3 Å². The summed E-state index contributed by atoms with van der Waals surface area (Å²) in [5.74, 6) is 0.315. The molecule has 8 nitrogen and oxygen atoms in total. The molecule has 10 heteroatoms. The molecule has 0 aliphatic carbocycles. The Bertz CT molecular complexity index is 1370. The third-order valence-electron chi connectivity index (χ3n) is 6.54. The van der Waals surface area contributed by atoms with Gasteiger partial charge in [-0.3, -0.25) is 14.5 Å². The Morgan fingerprint density at radius 2 is 2.03 bits per heavy atom. The summed E-state index contributed by atoms with van der Waals surface area (Å²) in [5.41, 5.74) is 2.62. The van der Waals surface area contributed by atoms with Gasteiger partial charge in [0.15, 0.2) is 15.6 Å². The van der Waals surface area contributed by atoms with Crippen LogP contribution in [0.15, 0.2) is 36.5 Å². The summed E-state index contributed by atoms with van der Waals surface area (Å²) in [4.78, 5) is 17.7. The highest BCUT2D eigenvalue weighted by Crippen LogP contribution is 2.38. The van der Waals surface area contributed by atoms with Crippen LogP contribution in [0, 0.1) is 5.41 Å². The lowest BCUT2D eigenvalue weighted by Crippen LogP contribution is -2.47. The molecular formula is C25H28FN3O5S. The van der Waals surface area contributed by atoms with Crippen molar-refractivity contribution in [3.63, 3.8) is 0 Å². The molecule has 2 aromatic heterocycles. The fraction of sp³-hybridized carbons (Fsp3) is 0.480. The molecule has 35 heavy (non-hydrogen) atoms. The number of rotatable bonds is 7. The highest BCUT2D eigenvalue weighted by atomic mass is 32.2. The van der Waals surface area contributed by atoms with Crippen molar-refractivity contribution in [1.29, 1.82) is 0 Å². The quantitative estimate of drug-likeness (QED) is 0.448. The van der Waals surface area contributed by atoms with Crippen molar-refractivity contribution >= 4 is 26.7 Å². The van der Waals surface area contributed by atoms with Crippen LogP contribution >= 0.6 is 0 Å². The van der Waals surface area contributed by atoms with Crippen LogP contribution in [0.1, 0.15) is 49.5 Å². The van der Waals surface area contributed by atoms with Gasteiger partial charge in [-0.2, -0.15) is 5.10 Å². The highest BCUT2D eigenvalue weighted by molar-refractivity contribution is 7.92. The molecule has 4 heterocycles. The molecule has 5 rings (SSSR count). The van der Waals surface area contributed by atoms with Crippen LogP contribution < -0.4 is 4.74 Å². The predicted octanol–water partition coefficient (Wildman–Crippen LogP) is 4.15. The molecular weight excluding hydrogens is 473 g/mol. The summed E-state index contributed by atoms with van der Waals surface area (Å²) in [5, 5.41) is 4.88. The topological polar surface area (TPSA) is 100 Å². The number of ether oxygens (including phenoxy) is 2. The zero-order chi connectivity index (χ0) is 24.8. The van der Waals surface area contributed by atoms with Crippen molar-refractivity contribution in [2.24, 2.45) is 5.41 Å². The smallest absolute Gasteiger partial charge is 0.235 e. The van der Waals surface area contributed by atoms with E-state index >= 15 is 0 Å². The first-order chi connectivity index (χ1) is 16.6. The monoisotopic (exact) mass is 501 g/mol. The molecule has 2 aliphatic heterocycles. The lowest BCUT2D eigenvalue weighted by molar-refractivity contribution is 0.0675. The van der Waals surface area contributed by atoms with Crippen molar-refractivity contribution in [3.05, 3.63) is 42.1 Å². The van der Waals surface area contributed by atoms with E-state index in [2.05, 4.69) is 4.98 Å². The number of sulfone groups is 1. The molecule has 2 saturated heterocycles.